The molecule has 1 aromatic heterocycles. The number of halogens is 1. The molecule has 0 bridgehead atoms. The van der Waals surface area contributed by atoms with Gasteiger partial charge in [-0.1, -0.05) is 48.0 Å². The van der Waals surface area contributed by atoms with Crippen LogP contribution in [0.4, 0.5) is 5.69 Å². The van der Waals surface area contributed by atoms with Crippen molar-refractivity contribution in [2.75, 3.05) is 0 Å². The lowest BCUT2D eigenvalue weighted by Crippen LogP contribution is -1.92. The van der Waals surface area contributed by atoms with E-state index < -0.39 is 4.92 Å². The molecule has 0 fully saturated rings. The summed E-state index contributed by atoms with van der Waals surface area (Å²) in [6, 6.07) is 15.3. The van der Waals surface area contributed by atoms with E-state index in [4.69, 9.17) is 11.6 Å². The second-order valence-electron chi connectivity index (χ2n) is 4.31. The first-order chi connectivity index (χ1) is 9.66. The fraction of sp³-hybridized carbons (Fsp3) is 0. The van der Waals surface area contributed by atoms with E-state index in [-0.39, 0.29) is 10.7 Å². The molecule has 5 heteroatoms. The lowest BCUT2D eigenvalue weighted by molar-refractivity contribution is -0.384. The van der Waals surface area contributed by atoms with Crippen LogP contribution in [0.2, 0.25) is 5.02 Å². The first-order valence-corrected chi connectivity index (χ1v) is 6.32. The standard InChI is InChI=1S/C15H9ClN2O2/c16-15-12-8-11(10-4-2-1-3-5-10)6-7-13(12)17-9-14(15)18(19)20/h1-9H. The van der Waals surface area contributed by atoms with Crippen molar-refractivity contribution in [1.29, 1.82) is 0 Å². The lowest BCUT2D eigenvalue weighted by atomic mass is 10.0. The van der Waals surface area contributed by atoms with E-state index in [0.29, 0.717) is 10.9 Å². The summed E-state index contributed by atoms with van der Waals surface area (Å²) in [5, 5.41) is 11.6. The highest BCUT2D eigenvalue weighted by Crippen LogP contribution is 2.33. The molecule has 0 spiro atoms. The Bertz CT molecular complexity index is 804. The van der Waals surface area contributed by atoms with Gasteiger partial charge < -0.3 is 0 Å². The molecule has 0 saturated carbocycles. The average molecular weight is 285 g/mol. The van der Waals surface area contributed by atoms with E-state index in [1.165, 1.54) is 6.20 Å². The summed E-state index contributed by atoms with van der Waals surface area (Å²) in [4.78, 5) is 14.4. The molecule has 0 saturated heterocycles. The van der Waals surface area contributed by atoms with Gasteiger partial charge in [-0.05, 0) is 23.3 Å². The first-order valence-electron chi connectivity index (χ1n) is 5.95. The lowest BCUT2D eigenvalue weighted by Gasteiger charge is -2.05. The van der Waals surface area contributed by atoms with Crippen LogP contribution in [0, 0.1) is 10.1 Å². The number of benzene rings is 2. The molecule has 2 aromatic carbocycles. The first kappa shape index (κ1) is 12.6. The van der Waals surface area contributed by atoms with Crippen LogP contribution in [0.15, 0.2) is 54.7 Å². The van der Waals surface area contributed by atoms with Gasteiger partial charge >= 0.3 is 5.69 Å². The quantitative estimate of drug-likeness (QED) is 0.515. The summed E-state index contributed by atoms with van der Waals surface area (Å²) >= 11 is 6.11. The summed E-state index contributed by atoms with van der Waals surface area (Å²) in [6.45, 7) is 0. The van der Waals surface area contributed by atoms with Gasteiger partial charge in [0.2, 0.25) is 0 Å². The highest BCUT2D eigenvalue weighted by molar-refractivity contribution is 6.37. The van der Waals surface area contributed by atoms with Crippen molar-refractivity contribution in [2.24, 2.45) is 0 Å². The van der Waals surface area contributed by atoms with Crippen LogP contribution in [0.3, 0.4) is 0 Å². The van der Waals surface area contributed by atoms with Gasteiger partial charge in [0.15, 0.2) is 0 Å². The molecule has 3 rings (SSSR count). The number of aromatic nitrogens is 1. The maximum Gasteiger partial charge on any atom is 0.306 e. The zero-order valence-corrected chi connectivity index (χ0v) is 11.0. The second-order valence-corrected chi connectivity index (χ2v) is 4.69. The van der Waals surface area contributed by atoms with Crippen molar-refractivity contribution in [3.8, 4) is 11.1 Å². The molecule has 0 amide bonds. The van der Waals surface area contributed by atoms with Gasteiger partial charge in [0.05, 0.1) is 10.4 Å². The van der Waals surface area contributed by atoms with Crippen LogP contribution < -0.4 is 0 Å². The van der Waals surface area contributed by atoms with Crippen LogP contribution >= 0.6 is 11.6 Å². The Hall–Kier alpha value is -2.46. The van der Waals surface area contributed by atoms with Crippen LogP contribution in [-0.4, -0.2) is 9.91 Å². The van der Waals surface area contributed by atoms with E-state index in [2.05, 4.69) is 4.98 Å². The summed E-state index contributed by atoms with van der Waals surface area (Å²) < 4.78 is 0. The van der Waals surface area contributed by atoms with Crippen molar-refractivity contribution >= 4 is 28.2 Å². The molecule has 0 radical (unpaired) electrons. The van der Waals surface area contributed by atoms with Crippen LogP contribution in [0.5, 0.6) is 0 Å². The zero-order chi connectivity index (χ0) is 14.1. The van der Waals surface area contributed by atoms with Crippen molar-refractivity contribution in [3.05, 3.63) is 69.9 Å². The zero-order valence-electron chi connectivity index (χ0n) is 10.3. The Morgan fingerprint density at radius 3 is 2.50 bits per heavy atom. The highest BCUT2D eigenvalue weighted by Gasteiger charge is 2.16. The molecule has 1 heterocycles. The number of hydrogen-bond acceptors (Lipinski definition) is 3. The predicted molar refractivity (Wildman–Crippen MR) is 78.8 cm³/mol. The van der Waals surface area contributed by atoms with E-state index in [1.54, 1.807) is 0 Å². The third kappa shape index (κ3) is 2.10. The number of fused-ring (bicyclic) bond motifs is 1. The predicted octanol–water partition coefficient (Wildman–Crippen LogP) is 4.46. The van der Waals surface area contributed by atoms with Gasteiger partial charge in [0.25, 0.3) is 0 Å². The summed E-state index contributed by atoms with van der Waals surface area (Å²) in [5.41, 5.74) is 2.43. The van der Waals surface area contributed by atoms with Crippen LogP contribution in [0.1, 0.15) is 0 Å². The van der Waals surface area contributed by atoms with Crippen molar-refractivity contribution in [3.63, 3.8) is 0 Å². The number of nitro groups is 1. The fourth-order valence-corrected chi connectivity index (χ4v) is 2.36. The summed E-state index contributed by atoms with van der Waals surface area (Å²) in [6.07, 6.45) is 1.19. The Kier molecular flexibility index (Phi) is 3.08. The molecule has 0 atom stereocenters. The maximum absolute atomic E-state index is 10.9. The van der Waals surface area contributed by atoms with Gasteiger partial charge in [0, 0.05) is 5.39 Å². The number of rotatable bonds is 2. The van der Waals surface area contributed by atoms with Gasteiger partial charge in [-0.25, -0.2) is 4.98 Å². The van der Waals surface area contributed by atoms with Gasteiger partial charge in [-0.3, -0.25) is 10.1 Å². The summed E-state index contributed by atoms with van der Waals surface area (Å²) in [5.74, 6) is 0. The minimum atomic E-state index is -0.524. The monoisotopic (exact) mass is 284 g/mol. The molecule has 0 unspecified atom stereocenters. The number of hydrogen-bond donors (Lipinski definition) is 0. The molecule has 0 aliphatic rings. The highest BCUT2D eigenvalue weighted by atomic mass is 35.5. The fourth-order valence-electron chi connectivity index (χ4n) is 2.09. The number of nitrogens with zero attached hydrogens (tertiary/aromatic N) is 2. The molecule has 3 aromatic rings. The normalized spacial score (nSPS) is 10.7. The Labute approximate surface area is 119 Å². The largest absolute Gasteiger partial charge is 0.306 e. The Morgan fingerprint density at radius 2 is 1.80 bits per heavy atom. The Morgan fingerprint density at radius 1 is 1.05 bits per heavy atom. The Balaban J connectivity index is 2.24. The third-order valence-electron chi connectivity index (χ3n) is 3.09. The van der Waals surface area contributed by atoms with Gasteiger partial charge in [-0.15, -0.1) is 0 Å². The van der Waals surface area contributed by atoms with E-state index in [1.807, 2.05) is 48.5 Å². The van der Waals surface area contributed by atoms with Crippen LogP contribution in [0.25, 0.3) is 22.0 Å². The van der Waals surface area contributed by atoms with Gasteiger partial charge in [-0.2, -0.15) is 0 Å². The van der Waals surface area contributed by atoms with Crippen molar-refractivity contribution in [1.82, 2.24) is 4.98 Å². The van der Waals surface area contributed by atoms with E-state index >= 15 is 0 Å². The molecular formula is C15H9ClN2O2. The van der Waals surface area contributed by atoms with Gasteiger partial charge in [0.1, 0.15) is 11.2 Å². The number of pyridine rings is 1. The second kappa shape index (κ2) is 4.90. The van der Waals surface area contributed by atoms with E-state index in [0.717, 1.165) is 11.1 Å². The molecule has 0 aliphatic carbocycles. The SMILES string of the molecule is O=[N+]([O-])c1cnc2ccc(-c3ccccc3)cc2c1Cl. The molecule has 0 N–H and O–H groups in total. The van der Waals surface area contributed by atoms with Crippen LogP contribution in [-0.2, 0) is 0 Å². The molecule has 4 nitrogen and oxygen atoms in total. The topological polar surface area (TPSA) is 56.0 Å². The van der Waals surface area contributed by atoms with Crippen molar-refractivity contribution < 1.29 is 4.92 Å². The minimum absolute atomic E-state index is 0.123. The maximum atomic E-state index is 10.9. The molecule has 98 valence electrons. The molecule has 0 aliphatic heterocycles. The van der Waals surface area contributed by atoms with Crippen molar-refractivity contribution in [2.45, 2.75) is 0 Å². The van der Waals surface area contributed by atoms with E-state index in [9.17, 15) is 10.1 Å². The molecular weight excluding hydrogens is 276 g/mol. The smallest absolute Gasteiger partial charge is 0.258 e. The minimum Gasteiger partial charge on any atom is -0.258 e. The molecule has 20 heavy (non-hydrogen) atoms. The third-order valence-corrected chi connectivity index (χ3v) is 3.48. The average Bonchev–Trinajstić information content (AvgIpc) is 2.48. The summed E-state index contributed by atoms with van der Waals surface area (Å²) in [7, 11) is 0.